The van der Waals surface area contributed by atoms with Gasteiger partial charge in [0.2, 0.25) is 5.75 Å². The number of fused-ring (bicyclic) bond motifs is 20. The second kappa shape index (κ2) is 13.9. The van der Waals surface area contributed by atoms with E-state index < -0.39 is 62.7 Å². The van der Waals surface area contributed by atoms with Gasteiger partial charge in [0.1, 0.15) is 45.4 Å². The molecule has 3 aromatic heterocycles. The summed E-state index contributed by atoms with van der Waals surface area (Å²) < 4.78 is 116. The Balaban J connectivity index is 1.53. The molecule has 8 bridgehead atoms. The topological polar surface area (TPSA) is 296 Å². The fourth-order valence-corrected chi connectivity index (χ4v) is 7.48. The van der Waals surface area contributed by atoms with E-state index in [-0.39, 0.29) is 56.7 Å². The first-order valence-electron chi connectivity index (χ1n) is 15.5. The van der Waals surface area contributed by atoms with Crippen LogP contribution in [0.2, 0.25) is 0 Å². The maximum absolute atomic E-state index is 12.1. The van der Waals surface area contributed by atoms with Gasteiger partial charge in [0.05, 0.1) is 5.39 Å². The van der Waals surface area contributed by atoms with Crippen molar-refractivity contribution in [3.8, 4) is 62.8 Å². The van der Waals surface area contributed by atoms with E-state index in [1.807, 2.05) is 0 Å². The van der Waals surface area contributed by atoms with Crippen molar-refractivity contribution in [1.29, 1.82) is 0 Å². The fraction of sp³-hybridized carbons (Fsp3) is 0. The van der Waals surface area contributed by atoms with Gasteiger partial charge in [0.25, 0.3) is 0 Å². The molecular formula is C32H14N8O12S4-4. The Morgan fingerprint density at radius 1 is 0.500 bits per heavy atom. The van der Waals surface area contributed by atoms with Crippen LogP contribution in [0.1, 0.15) is 0 Å². The molecule has 4 atom stereocenters. The maximum Gasteiger partial charge on any atom is 0.226 e. The van der Waals surface area contributed by atoms with Gasteiger partial charge in [-0.15, -0.1) is 4.73 Å². The maximum atomic E-state index is 12.1. The fourth-order valence-electron chi connectivity index (χ4n) is 6.36. The summed E-state index contributed by atoms with van der Waals surface area (Å²) in [5.41, 5.74) is 1.36. The molecule has 0 fully saturated rings. The van der Waals surface area contributed by atoms with Crippen molar-refractivity contribution >= 4 is 89.6 Å². The summed E-state index contributed by atoms with van der Waals surface area (Å²) in [5, 5.41) is 0.512. The third-order valence-corrected chi connectivity index (χ3v) is 9.61. The van der Waals surface area contributed by atoms with Crippen LogP contribution < -0.4 is 16.8 Å². The number of hydrogen-bond acceptors (Lipinski definition) is 18. The van der Waals surface area contributed by atoms with Crippen LogP contribution in [0.25, 0.3) is 89.7 Å². The lowest BCUT2D eigenvalue weighted by Gasteiger charge is -2.18. The van der Waals surface area contributed by atoms with Crippen molar-refractivity contribution in [2.24, 2.45) is 0 Å². The zero-order valence-electron chi connectivity index (χ0n) is 27.2. The van der Waals surface area contributed by atoms with Gasteiger partial charge in [-0.1, -0.05) is 72.8 Å². The SMILES string of the molecule is O=S([O-])Oc1cc2c3nc4nc(nc5c6ccccc6c(nc6nc(nc([nH]3)c2c(OS(=O)[O-])c1OS(=O)[O-])-c1ccccc1-6)n5OS(=O)[O-])-c1ccccc1-4. The van der Waals surface area contributed by atoms with Crippen molar-refractivity contribution in [2.45, 2.75) is 0 Å². The predicted molar refractivity (Wildman–Crippen MR) is 194 cm³/mol. The minimum atomic E-state index is -3.41. The molecule has 0 saturated heterocycles. The molecule has 0 spiro atoms. The quantitative estimate of drug-likeness (QED) is 0.215. The van der Waals surface area contributed by atoms with Crippen LogP contribution in [-0.2, 0) is 45.4 Å². The normalized spacial score (nSPS) is 14.1. The van der Waals surface area contributed by atoms with Crippen LogP contribution >= 0.6 is 0 Å². The highest BCUT2D eigenvalue weighted by Crippen LogP contribution is 2.48. The van der Waals surface area contributed by atoms with Gasteiger partial charge in [-0.3, -0.25) is 0 Å². The number of nitrogens with zero attached hydrogens (tertiary/aromatic N) is 7. The largest absolute Gasteiger partial charge is 0.740 e. The van der Waals surface area contributed by atoms with Gasteiger partial charge in [-0.25, -0.2) is 46.7 Å². The molecule has 2 aliphatic rings. The molecule has 56 heavy (non-hydrogen) atoms. The number of rotatable bonds is 8. The lowest BCUT2D eigenvalue weighted by Crippen LogP contribution is -2.14. The monoisotopic (exact) mass is 830 g/mol. The second-order valence-corrected chi connectivity index (χ2v) is 13.7. The summed E-state index contributed by atoms with van der Waals surface area (Å²) in [6, 6.07) is 21.3. The highest BCUT2D eigenvalue weighted by Gasteiger charge is 2.27. The highest BCUT2D eigenvalue weighted by molar-refractivity contribution is 7.75. The van der Waals surface area contributed by atoms with Gasteiger partial charge in [0.15, 0.2) is 57.5 Å². The molecule has 7 aromatic rings. The lowest BCUT2D eigenvalue weighted by atomic mass is 10.1. The Kier molecular flexibility index (Phi) is 8.81. The molecule has 5 heterocycles. The Labute approximate surface area is 321 Å². The Morgan fingerprint density at radius 2 is 0.946 bits per heavy atom. The molecular weight excluding hydrogens is 817 g/mol. The van der Waals surface area contributed by atoms with Crippen molar-refractivity contribution in [1.82, 2.24) is 39.6 Å². The van der Waals surface area contributed by atoms with E-state index in [2.05, 4.69) is 19.9 Å². The summed E-state index contributed by atoms with van der Waals surface area (Å²) in [6.07, 6.45) is 0. The van der Waals surface area contributed by atoms with Crippen molar-refractivity contribution in [3.63, 3.8) is 0 Å². The number of aromatic amines is 1. The molecule has 0 saturated carbocycles. The van der Waals surface area contributed by atoms with Gasteiger partial charge >= 0.3 is 0 Å². The Bertz CT molecular complexity index is 3110. The standard InChI is InChI=1S/C32H18N8O12S4/c41-53(42)49-21-13-20-22(24(51-55(45)46)23(21)50-54(43)44)30-36-26-15-8-2-4-10-17(15)28(34-26)39-32-19-12-6-5-11-18(19)31(40(32)52-56(47)48)38-27-16-9-3-1-7-14(16)25(33-27)35-29(20)37-30/h1-13H,(H,41,42)(H,43,44)(H,45,46)(H,47,48)(H,33,34,35,36,37,38,39)/p-4. The van der Waals surface area contributed by atoms with E-state index >= 15 is 0 Å². The third kappa shape index (κ3) is 6.14. The number of nitrogens with one attached hydrogen (secondary N) is 1. The molecule has 0 radical (unpaired) electrons. The number of aromatic nitrogens is 8. The summed E-state index contributed by atoms with van der Waals surface area (Å²) in [4.78, 5) is 31.2. The minimum absolute atomic E-state index is 0.00178. The molecule has 4 aromatic carbocycles. The molecule has 2 aliphatic heterocycles. The Hall–Kier alpha value is -6.12. The average Bonchev–Trinajstić information content (AvgIpc) is 3.87. The summed E-state index contributed by atoms with van der Waals surface area (Å²) in [6.45, 7) is 0. The lowest BCUT2D eigenvalue weighted by molar-refractivity contribution is 0.286. The van der Waals surface area contributed by atoms with Crippen molar-refractivity contribution in [2.75, 3.05) is 0 Å². The molecule has 4 unspecified atom stereocenters. The zero-order chi connectivity index (χ0) is 38.8. The van der Waals surface area contributed by atoms with Crippen molar-refractivity contribution < 1.29 is 51.9 Å². The van der Waals surface area contributed by atoms with Gasteiger partial charge < -0.3 is 40.0 Å². The summed E-state index contributed by atoms with van der Waals surface area (Å²) in [7, 11) is 0. The first kappa shape index (κ1) is 35.6. The van der Waals surface area contributed by atoms with Crippen molar-refractivity contribution in [3.05, 3.63) is 78.9 Å². The van der Waals surface area contributed by atoms with Gasteiger partial charge in [-0.05, 0) is 6.07 Å². The first-order valence-corrected chi connectivity index (χ1v) is 19.5. The van der Waals surface area contributed by atoms with Crippen LogP contribution in [0.5, 0.6) is 17.2 Å². The van der Waals surface area contributed by atoms with Crippen LogP contribution in [0, 0.1) is 0 Å². The predicted octanol–water partition coefficient (Wildman–Crippen LogP) is 3.08. The van der Waals surface area contributed by atoms with E-state index in [0.29, 0.717) is 33.0 Å². The summed E-state index contributed by atoms with van der Waals surface area (Å²) >= 11 is -13.3. The van der Waals surface area contributed by atoms with E-state index in [1.54, 1.807) is 72.8 Å². The molecule has 0 amide bonds. The zero-order valence-corrected chi connectivity index (χ0v) is 30.4. The summed E-state index contributed by atoms with van der Waals surface area (Å²) in [5.74, 6) is -2.49. The highest BCUT2D eigenvalue weighted by atomic mass is 32.2. The average molecular weight is 831 g/mol. The Morgan fingerprint density at radius 3 is 1.43 bits per heavy atom. The molecule has 9 rings (SSSR count). The van der Waals surface area contributed by atoms with E-state index in [4.69, 9.17) is 31.8 Å². The molecule has 24 heteroatoms. The van der Waals surface area contributed by atoms with E-state index in [0.717, 1.165) is 10.8 Å². The van der Waals surface area contributed by atoms with Gasteiger partial charge in [0, 0.05) is 38.4 Å². The van der Waals surface area contributed by atoms with Crippen LogP contribution in [0.15, 0.2) is 78.9 Å². The number of benzene rings is 4. The van der Waals surface area contributed by atoms with E-state index in [1.165, 1.54) is 0 Å². The first-order chi connectivity index (χ1) is 27.0. The molecule has 1 N–H and O–H groups in total. The second-order valence-electron chi connectivity index (χ2n) is 11.5. The van der Waals surface area contributed by atoms with Gasteiger partial charge in [-0.2, -0.15) is 0 Å². The van der Waals surface area contributed by atoms with Crippen LogP contribution in [0.4, 0.5) is 0 Å². The van der Waals surface area contributed by atoms with Crippen LogP contribution in [0.3, 0.4) is 0 Å². The minimum Gasteiger partial charge on any atom is -0.740 e. The number of hydrogen-bond donors (Lipinski definition) is 1. The molecule has 282 valence electrons. The molecule has 0 aliphatic carbocycles. The molecule has 20 nitrogen and oxygen atoms in total. The third-order valence-electron chi connectivity index (χ3n) is 8.42. The smallest absolute Gasteiger partial charge is 0.226 e. The van der Waals surface area contributed by atoms with E-state index in [9.17, 15) is 35.0 Å². The number of H-pyrrole nitrogens is 1. The van der Waals surface area contributed by atoms with Crippen LogP contribution in [-0.4, -0.2) is 74.7 Å².